The van der Waals surface area contributed by atoms with Gasteiger partial charge >= 0.3 is 0 Å². The van der Waals surface area contributed by atoms with E-state index in [1.807, 2.05) is 17.9 Å². The highest BCUT2D eigenvalue weighted by Crippen LogP contribution is 2.32. The van der Waals surface area contributed by atoms with Crippen molar-refractivity contribution in [3.8, 4) is 0 Å². The highest BCUT2D eigenvalue weighted by molar-refractivity contribution is 6.40. The molecule has 174 valence electrons. The normalized spacial score (nSPS) is 16.6. The number of hydrogen-bond donors (Lipinski definition) is 1. The summed E-state index contributed by atoms with van der Waals surface area (Å²) in [5.41, 5.74) is 4.63. The van der Waals surface area contributed by atoms with Crippen molar-refractivity contribution in [1.29, 1.82) is 0 Å². The molecule has 0 saturated carbocycles. The number of alkyl halides is 2. The number of amides is 1. The van der Waals surface area contributed by atoms with E-state index in [4.69, 9.17) is 0 Å². The van der Waals surface area contributed by atoms with Gasteiger partial charge in [0.1, 0.15) is 11.4 Å². The molecule has 9 heteroatoms. The van der Waals surface area contributed by atoms with Crippen molar-refractivity contribution in [3.63, 3.8) is 0 Å². The molecule has 1 aromatic carbocycles. The van der Waals surface area contributed by atoms with Crippen LogP contribution in [0.25, 0.3) is 0 Å². The number of carbonyl (C=O) groups excluding carboxylic acids is 2. The minimum atomic E-state index is -2.77. The number of aromatic nitrogens is 1. The van der Waals surface area contributed by atoms with Crippen LogP contribution in [0, 0.1) is 6.92 Å². The van der Waals surface area contributed by atoms with Gasteiger partial charge in [0.15, 0.2) is 5.78 Å². The zero-order valence-electron chi connectivity index (χ0n) is 19.0. The van der Waals surface area contributed by atoms with E-state index in [2.05, 4.69) is 26.3 Å². The van der Waals surface area contributed by atoms with E-state index in [1.54, 1.807) is 13.0 Å². The van der Waals surface area contributed by atoms with Crippen molar-refractivity contribution in [2.24, 2.45) is 4.99 Å². The summed E-state index contributed by atoms with van der Waals surface area (Å²) in [4.78, 5) is 36.4. The summed E-state index contributed by atoms with van der Waals surface area (Å²) in [6, 6.07) is 7.07. The number of benzene rings is 1. The van der Waals surface area contributed by atoms with Crippen LogP contribution in [0.5, 0.6) is 0 Å². The smallest absolute Gasteiger partial charge is 0.282 e. The number of Topliss-reactive ketones (excluding diaryl/α,β-unsaturated/α-hetero) is 1. The molecule has 2 aliphatic heterocycles. The maximum Gasteiger partial charge on any atom is 0.282 e. The van der Waals surface area contributed by atoms with E-state index in [-0.39, 0.29) is 17.2 Å². The fraction of sp³-hybridized carbons (Fsp3) is 0.417. The number of ketones is 1. The van der Waals surface area contributed by atoms with Gasteiger partial charge in [0.05, 0.1) is 17.1 Å². The summed E-state index contributed by atoms with van der Waals surface area (Å²) in [6.07, 6.45) is -2.39. The molecule has 0 radical (unpaired) electrons. The van der Waals surface area contributed by atoms with Crippen LogP contribution in [0.4, 0.5) is 20.2 Å². The van der Waals surface area contributed by atoms with Crippen LogP contribution in [-0.4, -0.2) is 60.5 Å². The zero-order valence-corrected chi connectivity index (χ0v) is 19.0. The molecule has 1 N–H and O–H groups in total. The van der Waals surface area contributed by atoms with E-state index in [0.29, 0.717) is 44.0 Å². The average Bonchev–Trinajstić information content (AvgIpc) is 2.82. The Hall–Kier alpha value is -3.20. The van der Waals surface area contributed by atoms with Gasteiger partial charge in [0.25, 0.3) is 12.3 Å². The molecule has 3 heterocycles. The summed E-state index contributed by atoms with van der Waals surface area (Å²) in [5.74, 6) is -0.432. The van der Waals surface area contributed by atoms with Crippen LogP contribution >= 0.6 is 0 Å². The molecule has 33 heavy (non-hydrogen) atoms. The van der Waals surface area contributed by atoms with Crippen LogP contribution < -0.4 is 10.2 Å². The predicted molar refractivity (Wildman–Crippen MR) is 123 cm³/mol. The number of piperazine rings is 1. The number of anilines is 1. The maximum atomic E-state index is 13.7. The first kappa shape index (κ1) is 23.0. The van der Waals surface area contributed by atoms with Crippen LogP contribution in [0.1, 0.15) is 46.2 Å². The van der Waals surface area contributed by atoms with Gasteiger partial charge in [0.2, 0.25) is 0 Å². The van der Waals surface area contributed by atoms with E-state index in [0.717, 1.165) is 28.9 Å². The van der Waals surface area contributed by atoms with Crippen LogP contribution in [0.3, 0.4) is 0 Å². The molecule has 0 atom stereocenters. The zero-order chi connectivity index (χ0) is 23.7. The molecule has 0 aliphatic carbocycles. The molecule has 4 rings (SSSR count). The van der Waals surface area contributed by atoms with Gasteiger partial charge in [-0.25, -0.2) is 18.8 Å². The van der Waals surface area contributed by atoms with Crippen LogP contribution in [0.2, 0.25) is 0 Å². The lowest BCUT2D eigenvalue weighted by Crippen LogP contribution is -2.46. The molecule has 7 nitrogen and oxygen atoms in total. The van der Waals surface area contributed by atoms with Crippen molar-refractivity contribution in [2.45, 2.75) is 33.2 Å². The van der Waals surface area contributed by atoms with Crippen LogP contribution in [0.15, 0.2) is 29.3 Å². The molecule has 0 bridgehead atoms. The minimum absolute atomic E-state index is 0.0175. The van der Waals surface area contributed by atoms with E-state index in [1.165, 1.54) is 13.1 Å². The molecular weight excluding hydrogens is 428 g/mol. The summed E-state index contributed by atoms with van der Waals surface area (Å²) < 4.78 is 27.3. The third-order valence-corrected chi connectivity index (χ3v) is 6.39. The lowest BCUT2D eigenvalue weighted by atomic mass is 9.93. The highest BCUT2D eigenvalue weighted by atomic mass is 19.3. The Labute approximate surface area is 191 Å². The molecule has 1 aromatic heterocycles. The monoisotopic (exact) mass is 455 g/mol. The Kier molecular flexibility index (Phi) is 6.51. The number of halogens is 2. The van der Waals surface area contributed by atoms with Gasteiger partial charge in [0, 0.05) is 46.2 Å². The van der Waals surface area contributed by atoms with Gasteiger partial charge in [-0.3, -0.25) is 14.5 Å². The largest absolute Gasteiger partial charge is 0.367 e. The molecule has 0 spiro atoms. The number of carbonyl (C=O) groups is 2. The number of fused-ring (bicyclic) bond motifs is 1. The van der Waals surface area contributed by atoms with Gasteiger partial charge in [-0.1, -0.05) is 6.07 Å². The van der Waals surface area contributed by atoms with E-state index < -0.39 is 12.3 Å². The Morgan fingerprint density at radius 2 is 1.85 bits per heavy atom. The summed E-state index contributed by atoms with van der Waals surface area (Å²) >= 11 is 0. The van der Waals surface area contributed by atoms with Gasteiger partial charge in [-0.05, 0) is 48.7 Å². The minimum Gasteiger partial charge on any atom is -0.367 e. The first-order chi connectivity index (χ1) is 15.8. The van der Waals surface area contributed by atoms with Gasteiger partial charge < -0.3 is 10.2 Å². The highest BCUT2D eigenvalue weighted by Gasteiger charge is 2.26. The summed E-state index contributed by atoms with van der Waals surface area (Å²) in [7, 11) is 1.44. The third kappa shape index (κ3) is 4.64. The quantitative estimate of drug-likeness (QED) is 0.749. The molecule has 1 fully saturated rings. The van der Waals surface area contributed by atoms with Crippen LogP contribution in [-0.2, 0) is 17.8 Å². The first-order valence-corrected chi connectivity index (χ1v) is 11.0. The van der Waals surface area contributed by atoms with E-state index in [9.17, 15) is 18.4 Å². The SMILES string of the molecule is CNC(=O)c1ccc(N2CCN(Cc3ccc4c(c3C)CC(=O)C(C)=N4)CC2)c(C(F)F)n1. The second-order valence-electron chi connectivity index (χ2n) is 8.39. The van der Waals surface area contributed by atoms with Crippen molar-refractivity contribution in [3.05, 3.63) is 52.3 Å². The fourth-order valence-corrected chi connectivity index (χ4v) is 4.36. The van der Waals surface area contributed by atoms with E-state index >= 15 is 0 Å². The van der Waals surface area contributed by atoms with Crippen molar-refractivity contribution in [2.75, 3.05) is 38.1 Å². The molecule has 1 saturated heterocycles. The third-order valence-electron chi connectivity index (χ3n) is 6.39. The van der Waals surface area contributed by atoms with Crippen molar-refractivity contribution in [1.82, 2.24) is 15.2 Å². The van der Waals surface area contributed by atoms with Gasteiger partial charge in [-0.2, -0.15) is 0 Å². The second-order valence-corrected chi connectivity index (χ2v) is 8.39. The second kappa shape index (κ2) is 9.35. The number of nitrogens with zero attached hydrogens (tertiary/aromatic N) is 4. The number of hydrogen-bond acceptors (Lipinski definition) is 6. The number of nitrogens with one attached hydrogen (secondary N) is 1. The topological polar surface area (TPSA) is 77.9 Å². The molecule has 1 amide bonds. The average molecular weight is 456 g/mol. The van der Waals surface area contributed by atoms with Crippen molar-refractivity contribution < 1.29 is 18.4 Å². The Bertz CT molecular complexity index is 1120. The fourth-order valence-electron chi connectivity index (χ4n) is 4.36. The molecule has 2 aromatic rings. The lowest BCUT2D eigenvalue weighted by molar-refractivity contribution is -0.112. The number of pyridine rings is 1. The Morgan fingerprint density at radius 3 is 2.52 bits per heavy atom. The van der Waals surface area contributed by atoms with Gasteiger partial charge in [-0.15, -0.1) is 0 Å². The molecular formula is C24H27F2N5O2. The summed E-state index contributed by atoms with van der Waals surface area (Å²) in [5, 5.41) is 2.41. The number of rotatable bonds is 5. The van der Waals surface area contributed by atoms with Crippen molar-refractivity contribution >= 4 is 28.8 Å². The lowest BCUT2D eigenvalue weighted by Gasteiger charge is -2.37. The predicted octanol–water partition coefficient (Wildman–Crippen LogP) is 3.23. The molecule has 2 aliphatic rings. The number of aliphatic imine (C=N–C) groups is 1. The standard InChI is InChI=1S/C24H27F2N5O2/c1-14-16(4-5-18-17(14)12-21(32)15(2)28-18)13-30-8-10-31(11-9-30)20-7-6-19(24(33)27-3)29-22(20)23(25)26/h4-7,23H,8-13H2,1-3H3,(H,27,33). The first-order valence-electron chi connectivity index (χ1n) is 11.0. The maximum absolute atomic E-state index is 13.7. The Balaban J connectivity index is 1.46. The molecule has 0 unspecified atom stereocenters. The Morgan fingerprint density at radius 1 is 1.12 bits per heavy atom. The summed E-state index contributed by atoms with van der Waals surface area (Å²) in [6.45, 7) is 7.05.